The first-order valence-electron chi connectivity index (χ1n) is 13.1. The number of para-hydroxylation sites is 1. The minimum Gasteiger partial charge on any atom is -0.493 e. The van der Waals surface area contributed by atoms with Crippen molar-refractivity contribution >= 4 is 34.8 Å². The third kappa shape index (κ3) is 4.40. The highest BCUT2D eigenvalue weighted by atomic mass is 35.5. The molecular weight excluding hydrogens is 518 g/mol. The van der Waals surface area contributed by atoms with Crippen molar-refractivity contribution in [1.29, 1.82) is 0 Å². The molecule has 39 heavy (non-hydrogen) atoms. The molecule has 3 N–H and O–H groups in total. The van der Waals surface area contributed by atoms with Crippen LogP contribution in [0.2, 0.25) is 5.02 Å². The summed E-state index contributed by atoms with van der Waals surface area (Å²) in [6.07, 6.45) is 8.53. The minimum absolute atomic E-state index is 0.0155. The molecule has 202 valence electrons. The summed E-state index contributed by atoms with van der Waals surface area (Å²) in [6, 6.07) is 7.50. The van der Waals surface area contributed by atoms with Crippen LogP contribution in [0.1, 0.15) is 35.3 Å². The lowest BCUT2D eigenvalue weighted by atomic mass is 9.99. The number of aromatic amines is 1. The second-order valence-electron chi connectivity index (χ2n) is 10.1. The van der Waals surface area contributed by atoms with E-state index in [9.17, 15) is 9.59 Å². The van der Waals surface area contributed by atoms with Gasteiger partial charge in [0.1, 0.15) is 12.4 Å². The lowest BCUT2D eigenvalue weighted by molar-refractivity contribution is -0.130. The van der Waals surface area contributed by atoms with E-state index in [1.165, 1.54) is 6.08 Å². The molecule has 2 aromatic heterocycles. The van der Waals surface area contributed by atoms with Crippen molar-refractivity contribution in [2.45, 2.75) is 37.8 Å². The fourth-order valence-corrected chi connectivity index (χ4v) is 6.54. The molecule has 3 atom stereocenters. The lowest BCUT2D eigenvalue weighted by Crippen LogP contribution is -2.47. The van der Waals surface area contributed by atoms with Gasteiger partial charge in [-0.15, -0.1) is 0 Å². The molecular formula is C29H30ClN5O4. The van der Waals surface area contributed by atoms with Crippen LogP contribution in [-0.4, -0.2) is 59.0 Å². The van der Waals surface area contributed by atoms with Crippen LogP contribution >= 0.6 is 11.6 Å². The second kappa shape index (κ2) is 10.3. The van der Waals surface area contributed by atoms with Crippen LogP contribution in [0.25, 0.3) is 11.3 Å². The zero-order valence-corrected chi connectivity index (χ0v) is 22.4. The Morgan fingerprint density at radius 3 is 3.03 bits per heavy atom. The number of hydrogen-bond acceptors (Lipinski definition) is 6. The van der Waals surface area contributed by atoms with Crippen LogP contribution in [0.15, 0.2) is 49.3 Å². The number of methoxy groups -OCH3 is 1. The summed E-state index contributed by atoms with van der Waals surface area (Å²) in [5.74, 6) is 1.23. The first-order chi connectivity index (χ1) is 19.0. The first-order valence-corrected chi connectivity index (χ1v) is 13.5. The Morgan fingerprint density at radius 1 is 1.33 bits per heavy atom. The van der Waals surface area contributed by atoms with Crippen molar-refractivity contribution in [2.75, 3.05) is 25.6 Å². The van der Waals surface area contributed by atoms with Crippen molar-refractivity contribution in [2.24, 2.45) is 5.92 Å². The molecule has 2 amide bonds. The number of amides is 2. The molecule has 10 heteroatoms. The SMILES string of the molecule is C=CC(=O)N1[C@H]2CC[C@H](C2)[C@@H]1COc1cnccc1-c1[nH]c2c(c1Nc1cccc(Cl)c1OC)C(=O)NCC2. The number of H-pyrrole nitrogens is 1. The van der Waals surface area contributed by atoms with Gasteiger partial charge in [-0.25, -0.2) is 0 Å². The molecule has 6 rings (SSSR count). The molecule has 1 saturated heterocycles. The van der Waals surface area contributed by atoms with Gasteiger partial charge in [-0.2, -0.15) is 0 Å². The second-order valence-corrected chi connectivity index (χ2v) is 10.5. The summed E-state index contributed by atoms with van der Waals surface area (Å²) in [5.41, 5.74) is 4.04. The highest BCUT2D eigenvalue weighted by Gasteiger charge is 2.47. The van der Waals surface area contributed by atoms with Gasteiger partial charge in [0.2, 0.25) is 5.91 Å². The number of pyridine rings is 1. The van der Waals surface area contributed by atoms with Crippen molar-refractivity contribution in [1.82, 2.24) is 20.2 Å². The number of likely N-dealkylation sites (tertiary alicyclic amines) is 1. The Bertz CT molecular complexity index is 1450. The molecule has 2 fully saturated rings. The predicted molar refractivity (Wildman–Crippen MR) is 149 cm³/mol. The lowest BCUT2D eigenvalue weighted by Gasteiger charge is -2.34. The molecule has 2 aliphatic heterocycles. The number of nitrogens with zero attached hydrogens (tertiary/aromatic N) is 2. The van der Waals surface area contributed by atoms with Crippen LogP contribution in [0.3, 0.4) is 0 Å². The summed E-state index contributed by atoms with van der Waals surface area (Å²) in [7, 11) is 1.55. The number of carbonyl (C=O) groups excluding carboxylic acids is 2. The van der Waals surface area contributed by atoms with Crippen LogP contribution in [0.5, 0.6) is 11.5 Å². The number of rotatable bonds is 8. The molecule has 9 nitrogen and oxygen atoms in total. The van der Waals surface area contributed by atoms with E-state index in [4.69, 9.17) is 21.1 Å². The van der Waals surface area contributed by atoms with E-state index in [0.29, 0.717) is 64.6 Å². The van der Waals surface area contributed by atoms with Gasteiger partial charge in [-0.3, -0.25) is 14.6 Å². The summed E-state index contributed by atoms with van der Waals surface area (Å²) >= 11 is 6.38. The number of carbonyl (C=O) groups is 2. The molecule has 3 aromatic rings. The smallest absolute Gasteiger partial charge is 0.255 e. The van der Waals surface area contributed by atoms with E-state index in [-0.39, 0.29) is 23.9 Å². The maximum absolute atomic E-state index is 13.0. The molecule has 0 radical (unpaired) electrons. The number of hydrogen-bond donors (Lipinski definition) is 3. The highest BCUT2D eigenvalue weighted by molar-refractivity contribution is 6.32. The number of anilines is 2. The third-order valence-electron chi connectivity index (χ3n) is 8.03. The van der Waals surface area contributed by atoms with Crippen LogP contribution in [0.4, 0.5) is 11.4 Å². The number of ether oxygens (including phenoxy) is 2. The maximum atomic E-state index is 13.0. The Kier molecular flexibility index (Phi) is 6.68. The van der Waals surface area contributed by atoms with E-state index in [1.807, 2.05) is 23.1 Å². The van der Waals surface area contributed by atoms with Crippen molar-refractivity contribution in [3.05, 3.63) is 65.6 Å². The maximum Gasteiger partial charge on any atom is 0.255 e. The number of halogens is 1. The van der Waals surface area contributed by atoms with E-state index >= 15 is 0 Å². The molecule has 2 bridgehead atoms. The van der Waals surface area contributed by atoms with E-state index in [2.05, 4.69) is 27.2 Å². The fourth-order valence-electron chi connectivity index (χ4n) is 6.29. The molecule has 4 heterocycles. The van der Waals surface area contributed by atoms with Crippen molar-refractivity contribution in [3.8, 4) is 22.8 Å². The first kappa shape index (κ1) is 25.3. The summed E-state index contributed by atoms with van der Waals surface area (Å²) < 4.78 is 11.9. The van der Waals surface area contributed by atoms with Crippen LogP contribution < -0.4 is 20.1 Å². The van der Waals surface area contributed by atoms with Gasteiger partial charge in [-0.05, 0) is 49.5 Å². The Morgan fingerprint density at radius 2 is 2.21 bits per heavy atom. The van der Waals surface area contributed by atoms with Gasteiger partial charge >= 0.3 is 0 Å². The van der Waals surface area contributed by atoms with Gasteiger partial charge in [0.05, 0.1) is 47.0 Å². The average Bonchev–Trinajstić information content (AvgIpc) is 3.66. The number of benzene rings is 1. The number of nitrogens with one attached hydrogen (secondary N) is 3. The van der Waals surface area contributed by atoms with Gasteiger partial charge in [-0.1, -0.05) is 24.2 Å². The molecule has 1 saturated carbocycles. The van der Waals surface area contributed by atoms with E-state index in [1.54, 1.807) is 25.6 Å². The highest BCUT2D eigenvalue weighted by Crippen LogP contribution is 2.45. The number of piperidine rings is 1. The van der Waals surface area contributed by atoms with E-state index < -0.39 is 0 Å². The van der Waals surface area contributed by atoms with Crippen molar-refractivity contribution in [3.63, 3.8) is 0 Å². The Labute approximate surface area is 231 Å². The zero-order valence-electron chi connectivity index (χ0n) is 21.6. The largest absolute Gasteiger partial charge is 0.493 e. The van der Waals surface area contributed by atoms with Gasteiger partial charge in [0, 0.05) is 36.5 Å². The normalized spacial score (nSPS) is 21.3. The van der Waals surface area contributed by atoms with Crippen LogP contribution in [0, 0.1) is 5.92 Å². The van der Waals surface area contributed by atoms with Gasteiger partial charge in [0.25, 0.3) is 5.91 Å². The third-order valence-corrected chi connectivity index (χ3v) is 8.33. The topological polar surface area (TPSA) is 109 Å². The molecule has 0 unspecified atom stereocenters. The fraction of sp³-hybridized carbons (Fsp3) is 0.345. The summed E-state index contributed by atoms with van der Waals surface area (Å²) in [5, 5.41) is 6.80. The Hall–Kier alpha value is -3.98. The summed E-state index contributed by atoms with van der Waals surface area (Å²) in [6.45, 7) is 4.59. The molecule has 1 aromatic carbocycles. The van der Waals surface area contributed by atoms with Crippen molar-refractivity contribution < 1.29 is 19.1 Å². The molecule has 3 aliphatic rings. The summed E-state index contributed by atoms with van der Waals surface area (Å²) in [4.78, 5) is 35.4. The predicted octanol–water partition coefficient (Wildman–Crippen LogP) is 4.71. The van der Waals surface area contributed by atoms with E-state index in [0.717, 1.165) is 30.5 Å². The Balaban J connectivity index is 1.37. The average molecular weight is 548 g/mol. The van der Waals surface area contributed by atoms with Crippen LogP contribution in [-0.2, 0) is 11.2 Å². The zero-order chi connectivity index (χ0) is 27.1. The monoisotopic (exact) mass is 547 g/mol. The molecule has 1 aliphatic carbocycles. The quantitative estimate of drug-likeness (QED) is 0.352. The standard InChI is InChI=1S/C29H30ClN5O4/c1-3-24(36)35-17-8-7-16(13-17)22(35)15-39-23-14-31-11-9-18(23)26-27(25-20(33-26)10-12-32-29(25)37)34-21-6-4-5-19(30)28(21)38-2/h3-6,9,11,14,16-17,22,33-34H,1,7-8,10,12-13,15H2,2H3,(H,32,37)/t16-,17+,22+/m1/s1. The molecule has 0 spiro atoms. The van der Waals surface area contributed by atoms with Gasteiger partial charge < -0.3 is 30.0 Å². The number of fused-ring (bicyclic) bond motifs is 3. The van der Waals surface area contributed by atoms with Gasteiger partial charge in [0.15, 0.2) is 5.75 Å². The number of aromatic nitrogens is 2. The minimum atomic E-state index is -0.167.